The van der Waals surface area contributed by atoms with Crippen molar-refractivity contribution in [2.45, 2.75) is 25.8 Å². The fourth-order valence-electron chi connectivity index (χ4n) is 1.90. The van der Waals surface area contributed by atoms with Crippen LogP contribution in [-0.4, -0.2) is 11.9 Å². The predicted octanol–water partition coefficient (Wildman–Crippen LogP) is 2.48. The van der Waals surface area contributed by atoms with Gasteiger partial charge >= 0.3 is 0 Å². The Labute approximate surface area is 86.5 Å². The summed E-state index contributed by atoms with van der Waals surface area (Å²) in [5.74, 6) is -1.39. The van der Waals surface area contributed by atoms with E-state index in [9.17, 15) is 13.6 Å². The highest BCUT2D eigenvalue weighted by atomic mass is 19.1. The molecule has 1 unspecified atom stereocenters. The van der Waals surface area contributed by atoms with E-state index in [-0.39, 0.29) is 11.9 Å². The summed E-state index contributed by atoms with van der Waals surface area (Å²) >= 11 is 0. The zero-order chi connectivity index (χ0) is 11.0. The Hall–Kier alpha value is -1.45. The summed E-state index contributed by atoms with van der Waals surface area (Å²) in [6, 6.07) is 3.18. The van der Waals surface area contributed by atoms with E-state index in [2.05, 4.69) is 0 Å². The molecule has 0 spiro atoms. The van der Waals surface area contributed by atoms with Crippen LogP contribution < -0.4 is 4.90 Å². The highest BCUT2D eigenvalue weighted by Gasteiger charge is 2.29. The van der Waals surface area contributed by atoms with Crippen molar-refractivity contribution in [3.63, 3.8) is 0 Å². The summed E-state index contributed by atoms with van der Waals surface area (Å²) in [4.78, 5) is 12.9. The fraction of sp³-hybridized carbons (Fsp3) is 0.364. The third-order valence-electron chi connectivity index (χ3n) is 2.61. The summed E-state index contributed by atoms with van der Waals surface area (Å²) in [7, 11) is 0. The van der Waals surface area contributed by atoms with Gasteiger partial charge in [0.25, 0.3) is 0 Å². The molecule has 80 valence electrons. The van der Waals surface area contributed by atoms with Crippen LogP contribution in [0.4, 0.5) is 14.5 Å². The molecular formula is C11H11F2NO. The minimum absolute atomic E-state index is 0.0127. The Morgan fingerprint density at radius 2 is 1.87 bits per heavy atom. The molecule has 2 nitrogen and oxygen atoms in total. The molecule has 2 rings (SSSR count). The molecule has 0 N–H and O–H groups in total. The minimum atomic E-state index is -0.656. The monoisotopic (exact) mass is 211 g/mol. The van der Waals surface area contributed by atoms with E-state index in [0.717, 1.165) is 12.5 Å². The number of hydrogen-bond donors (Lipinski definition) is 0. The number of carbonyl (C=O) groups is 1. The van der Waals surface area contributed by atoms with Crippen molar-refractivity contribution in [3.05, 3.63) is 29.8 Å². The second-order valence-electron chi connectivity index (χ2n) is 3.78. The Balaban J connectivity index is 2.40. The number of halogens is 2. The van der Waals surface area contributed by atoms with Crippen molar-refractivity contribution in [1.29, 1.82) is 0 Å². The SMILES string of the molecule is CC1CCC(=O)N1c1cc(F)cc(F)c1. The van der Waals surface area contributed by atoms with Gasteiger partial charge in [-0.1, -0.05) is 0 Å². The van der Waals surface area contributed by atoms with Gasteiger partial charge in [-0.2, -0.15) is 0 Å². The molecule has 0 bridgehead atoms. The molecule has 1 heterocycles. The van der Waals surface area contributed by atoms with Gasteiger partial charge in [0.15, 0.2) is 0 Å². The first kappa shape index (κ1) is 10.1. The minimum Gasteiger partial charge on any atom is -0.309 e. The summed E-state index contributed by atoms with van der Waals surface area (Å²) in [6.45, 7) is 1.87. The first-order chi connectivity index (χ1) is 7.08. The molecule has 1 aliphatic rings. The maximum atomic E-state index is 13.0. The first-order valence-corrected chi connectivity index (χ1v) is 4.86. The second kappa shape index (κ2) is 3.61. The third kappa shape index (κ3) is 1.84. The largest absolute Gasteiger partial charge is 0.309 e. The number of hydrogen-bond acceptors (Lipinski definition) is 1. The lowest BCUT2D eigenvalue weighted by atomic mass is 10.2. The van der Waals surface area contributed by atoms with Crippen LogP contribution in [0.15, 0.2) is 18.2 Å². The van der Waals surface area contributed by atoms with Crippen molar-refractivity contribution in [2.24, 2.45) is 0 Å². The third-order valence-corrected chi connectivity index (χ3v) is 2.61. The Morgan fingerprint density at radius 1 is 1.27 bits per heavy atom. The van der Waals surface area contributed by atoms with E-state index in [4.69, 9.17) is 0 Å². The number of nitrogens with zero attached hydrogens (tertiary/aromatic N) is 1. The molecule has 0 aliphatic carbocycles. The second-order valence-corrected chi connectivity index (χ2v) is 3.78. The quantitative estimate of drug-likeness (QED) is 0.698. The lowest BCUT2D eigenvalue weighted by Gasteiger charge is -2.21. The lowest BCUT2D eigenvalue weighted by Crippen LogP contribution is -2.30. The molecule has 0 saturated carbocycles. The van der Waals surface area contributed by atoms with Gasteiger partial charge in [0, 0.05) is 24.2 Å². The van der Waals surface area contributed by atoms with Gasteiger partial charge in [0.1, 0.15) is 11.6 Å². The summed E-state index contributed by atoms with van der Waals surface area (Å²) in [6.07, 6.45) is 1.18. The fourth-order valence-corrected chi connectivity index (χ4v) is 1.90. The standard InChI is InChI=1S/C11H11F2NO/c1-7-2-3-11(15)14(7)10-5-8(12)4-9(13)6-10/h4-7H,2-3H2,1H3. The van der Waals surface area contributed by atoms with Gasteiger partial charge < -0.3 is 4.90 Å². The number of rotatable bonds is 1. The maximum Gasteiger partial charge on any atom is 0.227 e. The molecule has 1 aliphatic heterocycles. The van der Waals surface area contributed by atoms with E-state index in [1.807, 2.05) is 6.92 Å². The van der Waals surface area contributed by atoms with Gasteiger partial charge in [-0.15, -0.1) is 0 Å². The smallest absolute Gasteiger partial charge is 0.227 e. The zero-order valence-corrected chi connectivity index (χ0v) is 8.34. The van der Waals surface area contributed by atoms with Crippen LogP contribution in [0.3, 0.4) is 0 Å². The first-order valence-electron chi connectivity index (χ1n) is 4.86. The summed E-state index contributed by atoms with van der Waals surface area (Å²) in [5.41, 5.74) is 0.308. The van der Waals surface area contributed by atoms with Gasteiger partial charge in [-0.25, -0.2) is 8.78 Å². The van der Waals surface area contributed by atoms with Crippen LogP contribution in [0.25, 0.3) is 0 Å². The highest BCUT2D eigenvalue weighted by molar-refractivity contribution is 5.96. The van der Waals surface area contributed by atoms with Crippen molar-refractivity contribution < 1.29 is 13.6 Å². The van der Waals surface area contributed by atoms with E-state index >= 15 is 0 Å². The van der Waals surface area contributed by atoms with Gasteiger partial charge in [-0.3, -0.25) is 4.79 Å². The van der Waals surface area contributed by atoms with Crippen LogP contribution in [0.2, 0.25) is 0 Å². The molecule has 1 aromatic rings. The topological polar surface area (TPSA) is 20.3 Å². The van der Waals surface area contributed by atoms with E-state index in [1.54, 1.807) is 0 Å². The number of amides is 1. The predicted molar refractivity (Wildman–Crippen MR) is 52.5 cm³/mol. The Morgan fingerprint density at radius 3 is 2.33 bits per heavy atom. The van der Waals surface area contributed by atoms with E-state index < -0.39 is 11.6 Å². The van der Waals surface area contributed by atoms with Crippen LogP contribution in [-0.2, 0) is 4.79 Å². The van der Waals surface area contributed by atoms with Crippen LogP contribution in [0.5, 0.6) is 0 Å². The highest BCUT2D eigenvalue weighted by Crippen LogP contribution is 2.27. The maximum absolute atomic E-state index is 13.0. The normalized spacial score (nSPS) is 21.1. The van der Waals surface area contributed by atoms with Gasteiger partial charge in [0.05, 0.1) is 0 Å². The molecule has 1 amide bonds. The van der Waals surface area contributed by atoms with Gasteiger partial charge in [-0.05, 0) is 25.5 Å². The van der Waals surface area contributed by atoms with Crippen LogP contribution in [0.1, 0.15) is 19.8 Å². The van der Waals surface area contributed by atoms with Crippen molar-refractivity contribution in [3.8, 4) is 0 Å². The molecule has 15 heavy (non-hydrogen) atoms. The molecule has 1 fully saturated rings. The molecule has 1 aromatic carbocycles. The zero-order valence-electron chi connectivity index (χ0n) is 8.34. The molecule has 0 aromatic heterocycles. The Bertz CT molecular complexity index is 385. The number of anilines is 1. The molecule has 4 heteroatoms. The van der Waals surface area contributed by atoms with Crippen molar-refractivity contribution in [1.82, 2.24) is 0 Å². The Kier molecular flexibility index (Phi) is 2.42. The summed E-state index contributed by atoms with van der Waals surface area (Å²) < 4.78 is 25.9. The van der Waals surface area contributed by atoms with Gasteiger partial charge in [0.2, 0.25) is 5.91 Å². The van der Waals surface area contributed by atoms with E-state index in [1.165, 1.54) is 17.0 Å². The summed E-state index contributed by atoms with van der Waals surface area (Å²) in [5, 5.41) is 0. The average molecular weight is 211 g/mol. The molecule has 1 saturated heterocycles. The lowest BCUT2D eigenvalue weighted by molar-refractivity contribution is -0.117. The van der Waals surface area contributed by atoms with Crippen LogP contribution in [0, 0.1) is 11.6 Å². The molecular weight excluding hydrogens is 200 g/mol. The average Bonchev–Trinajstić information content (AvgIpc) is 2.44. The number of benzene rings is 1. The van der Waals surface area contributed by atoms with Crippen molar-refractivity contribution in [2.75, 3.05) is 4.90 Å². The molecule has 0 radical (unpaired) electrons. The van der Waals surface area contributed by atoms with E-state index in [0.29, 0.717) is 12.1 Å². The van der Waals surface area contributed by atoms with Crippen molar-refractivity contribution >= 4 is 11.6 Å². The van der Waals surface area contributed by atoms with Crippen LogP contribution >= 0.6 is 0 Å². The molecule has 1 atom stereocenters. The number of carbonyl (C=O) groups excluding carboxylic acids is 1.